The van der Waals surface area contributed by atoms with Crippen molar-refractivity contribution in [2.45, 2.75) is 26.9 Å². The van der Waals surface area contributed by atoms with Gasteiger partial charge in [-0.15, -0.1) is 0 Å². The van der Waals surface area contributed by atoms with Crippen LogP contribution in [-0.2, 0) is 13.1 Å². The van der Waals surface area contributed by atoms with Gasteiger partial charge in [0.2, 0.25) is 0 Å². The fraction of sp³-hybridized carbons (Fsp3) is 0.286. The molecule has 2 N–H and O–H groups in total. The number of carbonyl (C=O) groups is 1. The number of nitrogens with one attached hydrogen (secondary N) is 2. The van der Waals surface area contributed by atoms with E-state index in [0.29, 0.717) is 17.6 Å². The van der Waals surface area contributed by atoms with Crippen LogP contribution in [0.5, 0.6) is 0 Å². The summed E-state index contributed by atoms with van der Waals surface area (Å²) in [5.74, 6) is -0.512. The minimum atomic E-state index is -0.312. The summed E-state index contributed by atoms with van der Waals surface area (Å²) < 4.78 is 13.3. The second kappa shape index (κ2) is 8.15. The predicted octanol–water partition coefficient (Wildman–Crippen LogP) is 4.08. The first-order valence-electron chi connectivity index (χ1n) is 8.95. The van der Waals surface area contributed by atoms with E-state index >= 15 is 0 Å². The number of halogens is 1. The highest BCUT2D eigenvalue weighted by Crippen LogP contribution is 2.16. The summed E-state index contributed by atoms with van der Waals surface area (Å²) in [4.78, 5) is 17.7. The molecule has 0 bridgehead atoms. The highest BCUT2D eigenvalue weighted by Gasteiger charge is 2.10. The smallest absolute Gasteiger partial charge is 0.267 e. The Labute approximate surface area is 153 Å². The van der Waals surface area contributed by atoms with Crippen molar-refractivity contribution in [1.29, 1.82) is 0 Å². The van der Waals surface area contributed by atoms with Crippen molar-refractivity contribution in [3.63, 3.8) is 0 Å². The fourth-order valence-electron chi connectivity index (χ4n) is 2.97. The molecule has 136 valence electrons. The zero-order chi connectivity index (χ0) is 18.5. The molecular formula is C21H24FN3O. The molecule has 5 heteroatoms. The summed E-state index contributed by atoms with van der Waals surface area (Å²) in [5, 5.41) is 3.59. The number of H-pyrrole nitrogens is 1. The molecular weight excluding hydrogens is 329 g/mol. The monoisotopic (exact) mass is 353 g/mol. The highest BCUT2D eigenvalue weighted by molar-refractivity contribution is 5.97. The molecule has 1 aromatic heterocycles. The first kappa shape index (κ1) is 18.1. The van der Waals surface area contributed by atoms with E-state index in [0.717, 1.165) is 30.7 Å². The van der Waals surface area contributed by atoms with E-state index in [9.17, 15) is 9.18 Å². The van der Waals surface area contributed by atoms with Crippen LogP contribution in [0, 0.1) is 5.82 Å². The molecule has 3 rings (SSSR count). The Hall–Kier alpha value is -2.66. The van der Waals surface area contributed by atoms with Crippen molar-refractivity contribution >= 4 is 16.8 Å². The lowest BCUT2D eigenvalue weighted by molar-refractivity contribution is 0.0946. The average Bonchev–Trinajstić information content (AvgIpc) is 3.08. The number of amides is 1. The van der Waals surface area contributed by atoms with E-state index < -0.39 is 0 Å². The summed E-state index contributed by atoms with van der Waals surface area (Å²) >= 11 is 0. The van der Waals surface area contributed by atoms with Gasteiger partial charge in [-0.05, 0) is 48.5 Å². The maximum atomic E-state index is 13.3. The number of aromatic nitrogens is 1. The molecule has 0 atom stereocenters. The van der Waals surface area contributed by atoms with Gasteiger partial charge in [0, 0.05) is 24.0 Å². The number of fused-ring (bicyclic) bond motifs is 1. The molecule has 0 fully saturated rings. The fourth-order valence-corrected chi connectivity index (χ4v) is 2.97. The maximum Gasteiger partial charge on any atom is 0.267 e. The van der Waals surface area contributed by atoms with Crippen LogP contribution in [0.3, 0.4) is 0 Å². The standard InChI is InChI=1S/C21H24FN3O/c1-3-25(4-2)14-16-7-5-15(6-8-16)13-23-21(26)20-12-17-11-18(22)9-10-19(17)24-20/h5-12,24H,3-4,13-14H2,1-2H3,(H,23,26). The molecule has 3 aromatic rings. The second-order valence-electron chi connectivity index (χ2n) is 6.38. The van der Waals surface area contributed by atoms with Gasteiger partial charge in [-0.25, -0.2) is 4.39 Å². The predicted molar refractivity (Wildman–Crippen MR) is 102 cm³/mol. The van der Waals surface area contributed by atoms with E-state index in [1.165, 1.54) is 17.7 Å². The maximum absolute atomic E-state index is 13.3. The van der Waals surface area contributed by atoms with E-state index in [4.69, 9.17) is 0 Å². The topological polar surface area (TPSA) is 48.1 Å². The van der Waals surface area contributed by atoms with Gasteiger partial charge in [-0.1, -0.05) is 38.1 Å². The lowest BCUT2D eigenvalue weighted by Gasteiger charge is -2.18. The van der Waals surface area contributed by atoms with Gasteiger partial charge in [0.1, 0.15) is 11.5 Å². The third-order valence-electron chi connectivity index (χ3n) is 4.60. The molecule has 0 unspecified atom stereocenters. The summed E-state index contributed by atoms with van der Waals surface area (Å²) in [7, 11) is 0. The normalized spacial score (nSPS) is 11.2. The SMILES string of the molecule is CCN(CC)Cc1ccc(CNC(=O)c2cc3cc(F)ccc3[nH]2)cc1. The van der Waals surface area contributed by atoms with E-state index in [1.807, 2.05) is 12.1 Å². The van der Waals surface area contributed by atoms with Crippen molar-refractivity contribution in [2.24, 2.45) is 0 Å². The molecule has 2 aromatic carbocycles. The first-order chi connectivity index (χ1) is 12.6. The Morgan fingerprint density at radius 2 is 1.73 bits per heavy atom. The quantitative estimate of drug-likeness (QED) is 0.672. The summed E-state index contributed by atoms with van der Waals surface area (Å²) in [6.45, 7) is 7.77. The van der Waals surface area contributed by atoms with Crippen molar-refractivity contribution < 1.29 is 9.18 Å². The minimum Gasteiger partial charge on any atom is -0.351 e. The van der Waals surface area contributed by atoms with Crippen LogP contribution in [0.2, 0.25) is 0 Å². The summed E-state index contributed by atoms with van der Waals surface area (Å²) in [6.07, 6.45) is 0. The molecule has 0 aliphatic heterocycles. The number of aromatic amines is 1. The third-order valence-corrected chi connectivity index (χ3v) is 4.60. The zero-order valence-corrected chi connectivity index (χ0v) is 15.2. The lowest BCUT2D eigenvalue weighted by Crippen LogP contribution is -2.23. The Bertz CT molecular complexity index is 882. The van der Waals surface area contributed by atoms with Gasteiger partial charge in [-0.2, -0.15) is 0 Å². The van der Waals surface area contributed by atoms with E-state index in [-0.39, 0.29) is 11.7 Å². The number of carbonyl (C=O) groups excluding carboxylic acids is 1. The Morgan fingerprint density at radius 1 is 1.04 bits per heavy atom. The minimum absolute atomic E-state index is 0.200. The van der Waals surface area contributed by atoms with Gasteiger partial charge >= 0.3 is 0 Å². The number of hydrogen-bond donors (Lipinski definition) is 2. The van der Waals surface area contributed by atoms with Gasteiger partial charge in [0.05, 0.1) is 0 Å². The second-order valence-corrected chi connectivity index (χ2v) is 6.38. The van der Waals surface area contributed by atoms with Crippen LogP contribution in [0.4, 0.5) is 4.39 Å². The van der Waals surface area contributed by atoms with Crippen molar-refractivity contribution in [3.8, 4) is 0 Å². The molecule has 0 saturated carbocycles. The van der Waals surface area contributed by atoms with E-state index in [2.05, 4.69) is 41.2 Å². The molecule has 4 nitrogen and oxygen atoms in total. The number of hydrogen-bond acceptors (Lipinski definition) is 2. The molecule has 0 aliphatic carbocycles. The van der Waals surface area contributed by atoms with Crippen LogP contribution in [0.1, 0.15) is 35.5 Å². The van der Waals surface area contributed by atoms with Crippen LogP contribution in [-0.4, -0.2) is 28.9 Å². The summed E-state index contributed by atoms with van der Waals surface area (Å²) in [6, 6.07) is 14.4. The van der Waals surface area contributed by atoms with Crippen molar-refractivity contribution in [3.05, 3.63) is 71.2 Å². The van der Waals surface area contributed by atoms with Crippen LogP contribution >= 0.6 is 0 Å². The van der Waals surface area contributed by atoms with Gasteiger partial charge in [-0.3, -0.25) is 9.69 Å². The van der Waals surface area contributed by atoms with Crippen LogP contribution in [0.25, 0.3) is 10.9 Å². The van der Waals surface area contributed by atoms with Crippen molar-refractivity contribution in [1.82, 2.24) is 15.2 Å². The van der Waals surface area contributed by atoms with Gasteiger partial charge < -0.3 is 10.3 Å². The number of benzene rings is 2. The molecule has 0 spiro atoms. The Morgan fingerprint density at radius 3 is 2.42 bits per heavy atom. The van der Waals surface area contributed by atoms with Crippen LogP contribution < -0.4 is 5.32 Å². The highest BCUT2D eigenvalue weighted by atomic mass is 19.1. The Kier molecular flexibility index (Phi) is 5.68. The number of rotatable bonds is 7. The van der Waals surface area contributed by atoms with Crippen molar-refractivity contribution in [2.75, 3.05) is 13.1 Å². The largest absolute Gasteiger partial charge is 0.351 e. The average molecular weight is 353 g/mol. The Balaban J connectivity index is 1.59. The molecule has 1 amide bonds. The van der Waals surface area contributed by atoms with Gasteiger partial charge in [0.15, 0.2) is 0 Å². The molecule has 26 heavy (non-hydrogen) atoms. The zero-order valence-electron chi connectivity index (χ0n) is 15.2. The first-order valence-corrected chi connectivity index (χ1v) is 8.95. The summed E-state index contributed by atoms with van der Waals surface area (Å²) in [5.41, 5.74) is 3.49. The molecule has 1 heterocycles. The molecule has 0 radical (unpaired) electrons. The van der Waals surface area contributed by atoms with E-state index in [1.54, 1.807) is 12.1 Å². The lowest BCUT2D eigenvalue weighted by atomic mass is 10.1. The molecule has 0 saturated heterocycles. The molecule has 0 aliphatic rings. The third kappa shape index (κ3) is 4.29. The number of nitrogens with zero attached hydrogens (tertiary/aromatic N) is 1. The van der Waals surface area contributed by atoms with Gasteiger partial charge in [0.25, 0.3) is 5.91 Å². The van der Waals surface area contributed by atoms with Crippen LogP contribution in [0.15, 0.2) is 48.5 Å².